The van der Waals surface area contributed by atoms with Gasteiger partial charge in [-0.2, -0.15) is 10.2 Å². The number of benzene rings is 1. The molecule has 0 saturated heterocycles. The van der Waals surface area contributed by atoms with Crippen LogP contribution in [0.15, 0.2) is 36.2 Å². The van der Waals surface area contributed by atoms with Gasteiger partial charge in [-0.1, -0.05) is 0 Å². The van der Waals surface area contributed by atoms with E-state index < -0.39 is 16.4 Å². The number of hydroxylamine groups is 2. The molecule has 8 heteroatoms. The zero-order valence-electron chi connectivity index (χ0n) is 12.3. The van der Waals surface area contributed by atoms with E-state index in [2.05, 4.69) is 15.5 Å². The molecule has 23 heavy (non-hydrogen) atoms. The van der Waals surface area contributed by atoms with Crippen LogP contribution in [0.2, 0.25) is 0 Å². The van der Waals surface area contributed by atoms with Gasteiger partial charge in [0.2, 0.25) is 0 Å². The molecule has 0 fully saturated rings. The van der Waals surface area contributed by atoms with Crippen LogP contribution in [0, 0.1) is 14.6 Å². The average molecular weight is 426 g/mol. The van der Waals surface area contributed by atoms with Crippen molar-refractivity contribution in [3.8, 4) is 0 Å². The summed E-state index contributed by atoms with van der Waals surface area (Å²) < 4.78 is 13.6. The molecule has 1 aromatic heterocycles. The van der Waals surface area contributed by atoms with Gasteiger partial charge in [0.15, 0.2) is 5.69 Å². The van der Waals surface area contributed by atoms with Gasteiger partial charge in [-0.15, -0.1) is 0 Å². The van der Waals surface area contributed by atoms with Gasteiger partial charge >= 0.3 is 5.91 Å². The highest BCUT2D eigenvalue weighted by molar-refractivity contribution is 14.1. The van der Waals surface area contributed by atoms with Crippen LogP contribution in [-0.4, -0.2) is 23.2 Å². The molecule has 0 spiro atoms. The minimum atomic E-state index is -1.20. The minimum Gasteiger partial charge on any atom is -0.620 e. The van der Waals surface area contributed by atoms with Crippen molar-refractivity contribution in [3.63, 3.8) is 0 Å². The fraction of sp³-hybridized carbons (Fsp3) is 0.133. The Morgan fingerprint density at radius 2 is 2.00 bits per heavy atom. The van der Waals surface area contributed by atoms with Crippen molar-refractivity contribution < 1.29 is 9.18 Å². The summed E-state index contributed by atoms with van der Waals surface area (Å²) in [5, 5.41) is 22.9. The molecule has 1 atom stereocenters. The van der Waals surface area contributed by atoms with Gasteiger partial charge in [0, 0.05) is 3.57 Å². The van der Waals surface area contributed by atoms with Crippen LogP contribution in [0.25, 0.3) is 5.70 Å². The summed E-state index contributed by atoms with van der Waals surface area (Å²) in [6.07, 6.45) is 2.66. The van der Waals surface area contributed by atoms with Crippen molar-refractivity contribution in [3.05, 3.63) is 56.3 Å². The molecular weight excluding hydrogens is 414 g/mol. The first-order chi connectivity index (χ1) is 10.8. The Hall–Kier alpha value is -1.91. The molecule has 6 nitrogen and oxygen atoms in total. The first-order valence-corrected chi connectivity index (χ1v) is 7.77. The van der Waals surface area contributed by atoms with Gasteiger partial charge in [-0.3, -0.25) is 4.65 Å². The Balaban J connectivity index is 2.14. The Labute approximate surface area is 145 Å². The molecule has 1 amide bonds. The summed E-state index contributed by atoms with van der Waals surface area (Å²) >= 11 is 2.01. The van der Waals surface area contributed by atoms with Crippen molar-refractivity contribution in [2.45, 2.75) is 6.92 Å². The Morgan fingerprint density at radius 1 is 1.30 bits per heavy atom. The maximum absolute atomic E-state index is 14.1. The van der Waals surface area contributed by atoms with E-state index in [0.29, 0.717) is 11.3 Å². The monoisotopic (exact) mass is 426 g/mol. The lowest BCUT2D eigenvalue weighted by atomic mass is 10.0. The summed E-state index contributed by atoms with van der Waals surface area (Å²) in [5.74, 6) is -1.07. The first kappa shape index (κ1) is 16.0. The van der Waals surface area contributed by atoms with Gasteiger partial charge in [0.05, 0.1) is 35.8 Å². The molecule has 1 aromatic carbocycles. The van der Waals surface area contributed by atoms with Gasteiger partial charge in [0.1, 0.15) is 12.0 Å². The molecule has 0 aliphatic carbocycles. The number of likely N-dealkylation sites (N-methyl/N-ethyl adjacent to an activating group) is 1. The zero-order chi connectivity index (χ0) is 16.8. The van der Waals surface area contributed by atoms with Gasteiger partial charge in [0.25, 0.3) is 0 Å². The van der Waals surface area contributed by atoms with Gasteiger partial charge in [-0.25, -0.2) is 9.18 Å². The highest BCUT2D eigenvalue weighted by Crippen LogP contribution is 2.38. The number of hydrogen-bond donors (Lipinski definition) is 1. The number of rotatable bonds is 2. The molecule has 2 heterocycles. The Kier molecular flexibility index (Phi) is 3.90. The number of carbonyl (C=O) groups is 1. The highest BCUT2D eigenvalue weighted by atomic mass is 127. The molecule has 0 saturated carbocycles. The van der Waals surface area contributed by atoms with Crippen molar-refractivity contribution in [1.82, 2.24) is 14.8 Å². The van der Waals surface area contributed by atoms with Crippen LogP contribution in [0.4, 0.5) is 15.8 Å². The minimum absolute atomic E-state index is 0.170. The lowest BCUT2D eigenvalue weighted by Crippen LogP contribution is -2.48. The summed E-state index contributed by atoms with van der Waals surface area (Å²) in [5.41, 5.74) is 1.42. The van der Waals surface area contributed by atoms with Crippen molar-refractivity contribution in [2.75, 3.05) is 12.4 Å². The fourth-order valence-electron chi connectivity index (χ4n) is 2.47. The third-order valence-corrected chi connectivity index (χ3v) is 4.38. The molecule has 1 aliphatic rings. The number of halogens is 2. The summed E-state index contributed by atoms with van der Waals surface area (Å²) in [4.78, 5) is 12.4. The van der Waals surface area contributed by atoms with Crippen LogP contribution in [0.3, 0.4) is 0 Å². The summed E-state index contributed by atoms with van der Waals surface area (Å²) in [6.45, 7) is 1.53. The third-order valence-electron chi connectivity index (χ3n) is 3.71. The molecular formula is C15H12FIN4O2. The van der Waals surface area contributed by atoms with Crippen LogP contribution < -0.4 is 9.96 Å². The quantitative estimate of drug-likeness (QED) is 0.454. The summed E-state index contributed by atoms with van der Waals surface area (Å²) in [6, 6.07) is 4.70. The standard InChI is InChI=1S/C15H12FIN4O2/c1-8-14(20-12-4-3-9(17)5-11(12)16)10-6-18-19-7-13(10)21(2,23)15(8)22/h3-7,20H,1-2H3. The van der Waals surface area contributed by atoms with Crippen LogP contribution in [0.5, 0.6) is 0 Å². The molecule has 2 aromatic rings. The lowest BCUT2D eigenvalue weighted by molar-refractivity contribution is -0.123. The van der Waals surface area contributed by atoms with Crippen molar-refractivity contribution >= 4 is 45.6 Å². The number of fused-ring (bicyclic) bond motifs is 1. The van der Waals surface area contributed by atoms with Gasteiger partial charge < -0.3 is 10.5 Å². The number of amides is 1. The number of quaternary nitrogens is 1. The molecule has 0 bridgehead atoms. The van der Waals surface area contributed by atoms with Crippen LogP contribution >= 0.6 is 22.6 Å². The van der Waals surface area contributed by atoms with Crippen molar-refractivity contribution in [2.24, 2.45) is 0 Å². The predicted octanol–water partition coefficient (Wildman–Crippen LogP) is 3.04. The van der Waals surface area contributed by atoms with Crippen molar-refractivity contribution in [1.29, 1.82) is 0 Å². The Morgan fingerprint density at radius 3 is 2.70 bits per heavy atom. The largest absolute Gasteiger partial charge is 0.620 e. The first-order valence-electron chi connectivity index (χ1n) is 6.69. The Bertz CT molecular complexity index is 851. The van der Waals surface area contributed by atoms with E-state index in [9.17, 15) is 14.4 Å². The van der Waals surface area contributed by atoms with E-state index in [4.69, 9.17) is 0 Å². The van der Waals surface area contributed by atoms with E-state index >= 15 is 0 Å². The highest BCUT2D eigenvalue weighted by Gasteiger charge is 2.38. The van der Waals surface area contributed by atoms with E-state index in [1.54, 1.807) is 12.1 Å². The molecule has 1 aliphatic heterocycles. The SMILES string of the molecule is CC1=C(Nc2ccc(I)cc2F)c2cnncc2[N+](C)([O-])C1=O. The molecule has 0 radical (unpaired) electrons. The second-order valence-electron chi connectivity index (χ2n) is 5.27. The lowest BCUT2D eigenvalue weighted by Gasteiger charge is -2.39. The smallest absolute Gasteiger partial charge is 0.348 e. The van der Waals surface area contributed by atoms with E-state index in [0.717, 1.165) is 3.57 Å². The normalized spacial score (nSPS) is 20.5. The topological polar surface area (TPSA) is 77.9 Å². The average Bonchev–Trinajstić information content (AvgIpc) is 2.52. The molecule has 1 unspecified atom stereocenters. The summed E-state index contributed by atoms with van der Waals surface area (Å²) in [7, 11) is 1.24. The fourth-order valence-corrected chi connectivity index (χ4v) is 2.93. The zero-order valence-corrected chi connectivity index (χ0v) is 14.5. The van der Waals surface area contributed by atoms with E-state index in [1.165, 1.54) is 32.4 Å². The number of nitrogens with zero attached hydrogens (tertiary/aromatic N) is 3. The van der Waals surface area contributed by atoms with Crippen LogP contribution in [0.1, 0.15) is 12.5 Å². The van der Waals surface area contributed by atoms with E-state index in [-0.39, 0.29) is 16.9 Å². The van der Waals surface area contributed by atoms with Gasteiger partial charge in [-0.05, 0) is 47.7 Å². The van der Waals surface area contributed by atoms with E-state index in [1.807, 2.05) is 22.6 Å². The maximum Gasteiger partial charge on any atom is 0.348 e. The number of aromatic nitrogens is 2. The molecule has 118 valence electrons. The molecule has 3 rings (SSSR count). The number of anilines is 1. The number of hydrogen-bond acceptors (Lipinski definition) is 5. The number of carbonyl (C=O) groups excluding carboxylic acids is 1. The molecule has 1 N–H and O–H groups in total. The predicted molar refractivity (Wildman–Crippen MR) is 93.5 cm³/mol. The third kappa shape index (κ3) is 2.62. The second kappa shape index (κ2) is 5.62. The second-order valence-corrected chi connectivity index (χ2v) is 6.51. The maximum atomic E-state index is 14.1. The van der Waals surface area contributed by atoms with Crippen LogP contribution in [-0.2, 0) is 4.79 Å². The number of nitrogens with one attached hydrogen (secondary N) is 1.